The molecule has 1 unspecified atom stereocenters. The van der Waals surface area contributed by atoms with E-state index in [1.807, 2.05) is 18.2 Å². The first-order valence-electron chi connectivity index (χ1n) is 19.9. The Kier molecular flexibility index (Phi) is 11.1. The van der Waals surface area contributed by atoms with Crippen molar-refractivity contribution in [1.82, 2.24) is 5.06 Å². The lowest BCUT2D eigenvalue weighted by Gasteiger charge is -2.26. The minimum absolute atomic E-state index is 0.0815. The number of hydrogen-bond acceptors (Lipinski definition) is 8. The van der Waals surface area contributed by atoms with Gasteiger partial charge < -0.3 is 14.3 Å². The zero-order valence-corrected chi connectivity index (χ0v) is 34.4. The summed E-state index contributed by atoms with van der Waals surface area (Å²) in [6.45, 7) is 12.9. The van der Waals surface area contributed by atoms with Crippen molar-refractivity contribution >= 4 is 66.5 Å². The van der Waals surface area contributed by atoms with Gasteiger partial charge in [-0.05, 0) is 78.9 Å². The number of hydrogen-bond donors (Lipinski definition) is 0. The van der Waals surface area contributed by atoms with Crippen LogP contribution >= 0.6 is 0 Å². The van der Waals surface area contributed by atoms with Crippen molar-refractivity contribution in [3.8, 4) is 0 Å². The predicted molar refractivity (Wildman–Crippen MR) is 227 cm³/mol. The fraction of sp³-hybridized carbons (Fsp3) is 0.319. The van der Waals surface area contributed by atoms with E-state index < -0.39 is 39.6 Å². The van der Waals surface area contributed by atoms with E-state index >= 15 is 0 Å². The van der Waals surface area contributed by atoms with Gasteiger partial charge in [0.2, 0.25) is 5.69 Å². The van der Waals surface area contributed by atoms with Crippen molar-refractivity contribution in [3.05, 3.63) is 132 Å². The SMILES string of the molecule is CCN1/C(=C/C=C/C=C/C=C/C2=[N+](CCCCCC(=O)ON3C(=O)CC(S(=O)(=O)[O-])C3=O)c3ccc4ccccc4c3C2(C)C)C(C)(C)c2c1ccc1ccccc21. The molecule has 7 rings (SSSR count). The summed E-state index contributed by atoms with van der Waals surface area (Å²) in [5, 5.41) is 2.98. The lowest BCUT2D eigenvalue weighted by molar-refractivity contribution is -0.438. The zero-order valence-electron chi connectivity index (χ0n) is 33.6. The number of hydroxylamine groups is 2. The average Bonchev–Trinajstić information content (AvgIpc) is 3.69. The maximum Gasteiger partial charge on any atom is 0.333 e. The lowest BCUT2D eigenvalue weighted by atomic mass is 9.79. The summed E-state index contributed by atoms with van der Waals surface area (Å²) >= 11 is 0. The topological polar surface area (TPSA) is 127 Å². The molecule has 1 atom stereocenters. The molecular weight excluding hydrogens is 751 g/mol. The van der Waals surface area contributed by atoms with Crippen LogP contribution < -0.4 is 4.90 Å². The molecule has 3 aliphatic heterocycles. The van der Waals surface area contributed by atoms with Crippen LogP contribution in [0.15, 0.2) is 121 Å². The number of imide groups is 1. The van der Waals surface area contributed by atoms with Crippen LogP contribution in [-0.4, -0.2) is 64.4 Å². The molecule has 1 fully saturated rings. The van der Waals surface area contributed by atoms with Crippen LogP contribution in [0.3, 0.4) is 0 Å². The summed E-state index contributed by atoms with van der Waals surface area (Å²) in [7, 11) is -5.04. The molecule has 1 saturated heterocycles. The van der Waals surface area contributed by atoms with Crippen molar-refractivity contribution in [2.75, 3.05) is 18.0 Å². The predicted octanol–water partition coefficient (Wildman–Crippen LogP) is 8.43. The minimum Gasteiger partial charge on any atom is -0.747 e. The van der Waals surface area contributed by atoms with E-state index in [1.165, 1.54) is 44.1 Å². The van der Waals surface area contributed by atoms with Crippen molar-refractivity contribution in [1.29, 1.82) is 0 Å². The molecule has 11 heteroatoms. The molecule has 0 saturated carbocycles. The van der Waals surface area contributed by atoms with Gasteiger partial charge in [0, 0.05) is 53.9 Å². The number of likely N-dealkylation sites (N-methyl/N-ethyl adjacent to an activating group) is 1. The standard InChI is InChI=1S/C47H49N3O7S/c1-6-48-36-28-26-32-19-14-16-21-34(32)43(36)46(2,3)39(48)23-11-8-7-9-12-24-40-47(4,5)44-35-22-17-15-20-33(35)27-29-37(44)49(40)30-18-10-13-25-42(52)57-50-41(51)31-38(45(50)53)58(54,55)56/h7-9,11-12,14-17,19-24,26-29,38H,6,10,13,18,25,30-31H2,1-5H3. The number of unbranched alkanes of at least 4 members (excludes halogenated alkanes) is 2. The van der Waals surface area contributed by atoms with Gasteiger partial charge in [-0.25, -0.2) is 13.2 Å². The van der Waals surface area contributed by atoms with Gasteiger partial charge in [-0.15, -0.1) is 5.06 Å². The Morgan fingerprint density at radius 3 is 2.14 bits per heavy atom. The van der Waals surface area contributed by atoms with Crippen LogP contribution in [0.5, 0.6) is 0 Å². The number of fused-ring (bicyclic) bond motifs is 6. The first-order valence-corrected chi connectivity index (χ1v) is 21.3. The number of nitrogens with zero attached hydrogens (tertiary/aromatic N) is 3. The molecule has 4 aromatic carbocycles. The smallest absolute Gasteiger partial charge is 0.333 e. The third-order valence-corrected chi connectivity index (χ3v) is 12.7. The van der Waals surface area contributed by atoms with Crippen LogP contribution in [0, 0.1) is 0 Å². The zero-order chi connectivity index (χ0) is 41.4. The van der Waals surface area contributed by atoms with Gasteiger partial charge in [-0.3, -0.25) is 9.59 Å². The van der Waals surface area contributed by atoms with Crippen LogP contribution in [0.2, 0.25) is 0 Å². The second kappa shape index (κ2) is 15.9. The molecule has 58 heavy (non-hydrogen) atoms. The Bertz CT molecular complexity index is 2600. The highest BCUT2D eigenvalue weighted by Gasteiger charge is 2.46. The highest BCUT2D eigenvalue weighted by Crippen LogP contribution is 2.50. The largest absolute Gasteiger partial charge is 0.747 e. The molecule has 3 heterocycles. The summed E-state index contributed by atoms with van der Waals surface area (Å²) < 4.78 is 36.3. The molecule has 2 amide bonds. The molecule has 0 spiro atoms. The fourth-order valence-electron chi connectivity index (χ4n) is 8.91. The van der Waals surface area contributed by atoms with Crippen molar-refractivity contribution < 1.29 is 36.8 Å². The van der Waals surface area contributed by atoms with Crippen molar-refractivity contribution in [2.24, 2.45) is 0 Å². The third kappa shape index (κ3) is 7.44. The number of carbonyl (C=O) groups excluding carboxylic acids is 3. The maximum absolute atomic E-state index is 12.5. The van der Waals surface area contributed by atoms with E-state index in [9.17, 15) is 27.4 Å². The van der Waals surface area contributed by atoms with Gasteiger partial charge in [0.1, 0.15) is 21.9 Å². The first kappa shape index (κ1) is 40.5. The van der Waals surface area contributed by atoms with E-state index in [-0.39, 0.29) is 22.3 Å². The molecule has 3 aliphatic rings. The van der Waals surface area contributed by atoms with E-state index in [0.717, 1.165) is 24.4 Å². The number of rotatable bonds is 13. The van der Waals surface area contributed by atoms with Gasteiger partial charge in [0.05, 0.1) is 11.8 Å². The van der Waals surface area contributed by atoms with Crippen LogP contribution in [0.1, 0.15) is 77.8 Å². The van der Waals surface area contributed by atoms with Crippen molar-refractivity contribution in [3.63, 3.8) is 0 Å². The van der Waals surface area contributed by atoms with Gasteiger partial charge in [-0.2, -0.15) is 4.58 Å². The lowest BCUT2D eigenvalue weighted by Crippen LogP contribution is -2.36. The summed E-state index contributed by atoms with van der Waals surface area (Å²) in [6, 6.07) is 25.8. The number of amides is 2. The third-order valence-electron chi connectivity index (χ3n) is 11.6. The Balaban J connectivity index is 1.04. The quantitative estimate of drug-likeness (QED) is 0.0434. The molecule has 0 aliphatic carbocycles. The second-order valence-electron chi connectivity index (χ2n) is 16.1. The molecule has 0 bridgehead atoms. The Morgan fingerprint density at radius 2 is 1.47 bits per heavy atom. The molecule has 4 aromatic rings. The number of benzene rings is 4. The highest BCUT2D eigenvalue weighted by molar-refractivity contribution is 7.87. The Morgan fingerprint density at radius 1 is 0.828 bits per heavy atom. The van der Waals surface area contributed by atoms with Gasteiger partial charge in [0.15, 0.2) is 5.71 Å². The van der Waals surface area contributed by atoms with E-state index in [0.29, 0.717) is 19.4 Å². The molecule has 300 valence electrons. The fourth-order valence-corrected chi connectivity index (χ4v) is 9.59. The van der Waals surface area contributed by atoms with Crippen LogP contribution in [0.25, 0.3) is 21.5 Å². The van der Waals surface area contributed by atoms with Gasteiger partial charge in [-0.1, -0.05) is 98.8 Å². The molecule has 0 aromatic heterocycles. The number of carbonyl (C=O) groups is 3. The molecular formula is C47H49N3O7S. The Hall–Kier alpha value is -5.65. The maximum atomic E-state index is 12.5. The van der Waals surface area contributed by atoms with Crippen molar-refractivity contribution in [2.45, 2.75) is 82.8 Å². The monoisotopic (exact) mass is 799 g/mol. The summed E-state index contributed by atoms with van der Waals surface area (Å²) in [4.78, 5) is 44.1. The summed E-state index contributed by atoms with van der Waals surface area (Å²) in [5.41, 5.74) is 7.01. The number of anilines is 1. The van der Waals surface area contributed by atoms with E-state index in [2.05, 4.69) is 141 Å². The van der Waals surface area contributed by atoms with Gasteiger partial charge >= 0.3 is 5.97 Å². The van der Waals surface area contributed by atoms with E-state index in [1.54, 1.807) is 0 Å². The van der Waals surface area contributed by atoms with Crippen LogP contribution in [0.4, 0.5) is 11.4 Å². The summed E-state index contributed by atoms with van der Waals surface area (Å²) in [5.74, 6) is -3.20. The Labute approximate surface area is 340 Å². The van der Waals surface area contributed by atoms with Gasteiger partial charge in [0.25, 0.3) is 11.8 Å². The average molecular weight is 800 g/mol. The summed E-state index contributed by atoms with van der Waals surface area (Å²) in [6.07, 6.45) is 15.7. The molecule has 0 N–H and O–H groups in total. The van der Waals surface area contributed by atoms with Crippen LogP contribution in [-0.2, 0) is 40.2 Å². The number of allylic oxidation sites excluding steroid dienone is 8. The van der Waals surface area contributed by atoms with E-state index in [4.69, 9.17) is 4.84 Å². The minimum atomic E-state index is -5.04. The second-order valence-corrected chi connectivity index (χ2v) is 17.6. The highest BCUT2D eigenvalue weighted by atomic mass is 32.2. The molecule has 10 nitrogen and oxygen atoms in total. The normalized spacial score (nSPS) is 19.6. The molecule has 0 radical (unpaired) electrons. The first-order chi connectivity index (χ1) is 27.7.